The number of nitrogens with zero attached hydrogens (tertiary/aromatic N) is 3. The highest BCUT2D eigenvalue weighted by Gasteiger charge is 2.11. The van der Waals surface area contributed by atoms with Gasteiger partial charge in [-0.2, -0.15) is 15.1 Å². The Morgan fingerprint density at radius 1 is 1.10 bits per heavy atom. The van der Waals surface area contributed by atoms with Crippen LogP contribution in [0, 0.1) is 0 Å². The number of H-pyrrole nitrogens is 1. The molecular weight excluding hydrogens is 258 g/mol. The lowest BCUT2D eigenvalue weighted by Crippen LogP contribution is -1.99. The third kappa shape index (κ3) is 2.20. The fraction of sp³-hybridized carbons (Fsp3) is 0.154. The van der Waals surface area contributed by atoms with E-state index in [1.807, 2.05) is 24.3 Å². The van der Waals surface area contributed by atoms with E-state index in [2.05, 4.69) is 25.5 Å². The van der Waals surface area contributed by atoms with Crippen molar-refractivity contribution in [2.75, 3.05) is 19.5 Å². The van der Waals surface area contributed by atoms with Gasteiger partial charge >= 0.3 is 0 Å². The average Bonchev–Trinajstić information content (AvgIpc) is 2.96. The summed E-state index contributed by atoms with van der Waals surface area (Å²) in [5.41, 5.74) is 0.618. The van der Waals surface area contributed by atoms with Crippen molar-refractivity contribution in [3.05, 3.63) is 30.5 Å². The molecule has 2 heterocycles. The summed E-state index contributed by atoms with van der Waals surface area (Å²) < 4.78 is 10.9. The molecule has 0 amide bonds. The maximum Gasteiger partial charge on any atom is 0.235 e. The van der Waals surface area contributed by atoms with Gasteiger partial charge in [-0.3, -0.25) is 5.10 Å². The number of fused-ring (bicyclic) bond motifs is 1. The molecule has 0 unspecified atom stereocenters. The Labute approximate surface area is 115 Å². The average molecular weight is 271 g/mol. The highest BCUT2D eigenvalue weighted by atomic mass is 16.5. The van der Waals surface area contributed by atoms with Crippen LogP contribution in [0.4, 0.5) is 5.95 Å². The molecule has 7 heteroatoms. The number of aromatic nitrogens is 4. The number of nitrogens with one attached hydrogen (secondary N) is 2. The van der Waals surface area contributed by atoms with Gasteiger partial charge in [0.15, 0.2) is 5.65 Å². The second-order valence-corrected chi connectivity index (χ2v) is 4.01. The van der Waals surface area contributed by atoms with Gasteiger partial charge in [0.25, 0.3) is 0 Å². The van der Waals surface area contributed by atoms with Gasteiger partial charge in [-0.15, -0.1) is 0 Å². The maximum atomic E-state index is 5.79. The summed E-state index contributed by atoms with van der Waals surface area (Å²) in [5, 5.41) is 10.4. The van der Waals surface area contributed by atoms with Crippen LogP contribution in [-0.4, -0.2) is 34.3 Å². The van der Waals surface area contributed by atoms with Gasteiger partial charge in [0.1, 0.15) is 16.9 Å². The molecule has 2 N–H and O–H groups in total. The second-order valence-electron chi connectivity index (χ2n) is 4.01. The van der Waals surface area contributed by atoms with Gasteiger partial charge in [0, 0.05) is 7.05 Å². The molecule has 0 saturated carbocycles. The van der Waals surface area contributed by atoms with Crippen molar-refractivity contribution in [2.45, 2.75) is 0 Å². The fourth-order valence-corrected chi connectivity index (χ4v) is 1.75. The molecule has 0 atom stereocenters. The minimum Gasteiger partial charge on any atom is -0.497 e. The molecule has 0 spiro atoms. The molecule has 3 aromatic rings. The largest absolute Gasteiger partial charge is 0.497 e. The molecule has 0 fully saturated rings. The Morgan fingerprint density at radius 2 is 1.85 bits per heavy atom. The molecule has 0 aliphatic rings. The van der Waals surface area contributed by atoms with Crippen LogP contribution in [0.2, 0.25) is 0 Å². The van der Waals surface area contributed by atoms with Crippen molar-refractivity contribution in [1.82, 2.24) is 20.2 Å². The lowest BCUT2D eigenvalue weighted by molar-refractivity contribution is 0.412. The summed E-state index contributed by atoms with van der Waals surface area (Å²) in [6.07, 6.45) is 1.63. The summed E-state index contributed by atoms with van der Waals surface area (Å²) in [5.74, 6) is 2.34. The van der Waals surface area contributed by atoms with Crippen molar-refractivity contribution in [3.8, 4) is 17.4 Å². The first-order chi connectivity index (χ1) is 9.80. The molecule has 20 heavy (non-hydrogen) atoms. The minimum absolute atomic E-state index is 0.443. The zero-order valence-electron chi connectivity index (χ0n) is 11.0. The number of hydrogen-bond acceptors (Lipinski definition) is 6. The summed E-state index contributed by atoms with van der Waals surface area (Å²) in [6.45, 7) is 0. The van der Waals surface area contributed by atoms with Gasteiger partial charge < -0.3 is 14.8 Å². The maximum absolute atomic E-state index is 5.79. The van der Waals surface area contributed by atoms with E-state index < -0.39 is 0 Å². The normalized spacial score (nSPS) is 10.5. The molecule has 3 rings (SSSR count). The number of rotatable bonds is 4. The first-order valence-corrected chi connectivity index (χ1v) is 6.01. The minimum atomic E-state index is 0.443. The first kappa shape index (κ1) is 12.2. The summed E-state index contributed by atoms with van der Waals surface area (Å²) in [6, 6.07) is 7.27. The number of hydrogen-bond donors (Lipinski definition) is 2. The molecule has 0 radical (unpaired) electrons. The highest BCUT2D eigenvalue weighted by Crippen LogP contribution is 2.28. The number of methoxy groups -OCH3 is 1. The van der Waals surface area contributed by atoms with Gasteiger partial charge in [-0.05, 0) is 24.3 Å². The van der Waals surface area contributed by atoms with E-state index in [1.54, 1.807) is 20.4 Å². The third-order valence-corrected chi connectivity index (χ3v) is 2.77. The van der Waals surface area contributed by atoms with Gasteiger partial charge in [-0.25, -0.2) is 0 Å². The summed E-state index contributed by atoms with van der Waals surface area (Å²) in [7, 11) is 3.36. The monoisotopic (exact) mass is 271 g/mol. The molecule has 7 nitrogen and oxygen atoms in total. The topological polar surface area (TPSA) is 85.0 Å². The molecule has 2 aromatic heterocycles. The van der Waals surface area contributed by atoms with Crippen LogP contribution >= 0.6 is 0 Å². The van der Waals surface area contributed by atoms with Gasteiger partial charge in [0.2, 0.25) is 11.8 Å². The summed E-state index contributed by atoms with van der Waals surface area (Å²) >= 11 is 0. The number of ether oxygens (including phenoxy) is 2. The third-order valence-electron chi connectivity index (χ3n) is 2.77. The fourth-order valence-electron chi connectivity index (χ4n) is 1.75. The lowest BCUT2D eigenvalue weighted by atomic mass is 10.3. The Kier molecular flexibility index (Phi) is 3.08. The SMILES string of the molecule is CNc1nc(Oc2ccc(OC)cc2)c2cn[nH]c2n1. The van der Waals surface area contributed by atoms with Crippen LogP contribution in [0.1, 0.15) is 0 Å². The lowest BCUT2D eigenvalue weighted by Gasteiger charge is -2.07. The molecule has 0 saturated heterocycles. The van der Waals surface area contributed by atoms with Crippen molar-refractivity contribution in [3.63, 3.8) is 0 Å². The van der Waals surface area contributed by atoms with E-state index in [0.29, 0.717) is 23.2 Å². The van der Waals surface area contributed by atoms with Crippen LogP contribution in [0.15, 0.2) is 30.5 Å². The van der Waals surface area contributed by atoms with Crippen molar-refractivity contribution in [1.29, 1.82) is 0 Å². The van der Waals surface area contributed by atoms with Crippen LogP contribution in [0.3, 0.4) is 0 Å². The Bertz CT molecular complexity index is 723. The Balaban J connectivity index is 1.98. The number of aromatic amines is 1. The van der Waals surface area contributed by atoms with E-state index in [9.17, 15) is 0 Å². The van der Waals surface area contributed by atoms with Crippen molar-refractivity contribution in [2.24, 2.45) is 0 Å². The molecular formula is C13H13N5O2. The van der Waals surface area contributed by atoms with Crippen LogP contribution in [0.25, 0.3) is 11.0 Å². The zero-order chi connectivity index (χ0) is 13.9. The van der Waals surface area contributed by atoms with Crippen LogP contribution in [0.5, 0.6) is 17.4 Å². The molecule has 0 bridgehead atoms. The molecule has 1 aromatic carbocycles. The number of benzene rings is 1. The Hall–Kier alpha value is -2.83. The predicted molar refractivity (Wildman–Crippen MR) is 74.3 cm³/mol. The van der Waals surface area contributed by atoms with Crippen molar-refractivity contribution < 1.29 is 9.47 Å². The van der Waals surface area contributed by atoms with Crippen LogP contribution < -0.4 is 14.8 Å². The first-order valence-electron chi connectivity index (χ1n) is 6.01. The van der Waals surface area contributed by atoms with Crippen molar-refractivity contribution >= 4 is 17.0 Å². The smallest absolute Gasteiger partial charge is 0.235 e. The molecule has 0 aliphatic carbocycles. The summed E-state index contributed by atoms with van der Waals surface area (Å²) in [4.78, 5) is 8.54. The zero-order valence-corrected chi connectivity index (χ0v) is 11.0. The van der Waals surface area contributed by atoms with E-state index in [-0.39, 0.29) is 0 Å². The highest BCUT2D eigenvalue weighted by molar-refractivity contribution is 5.80. The molecule has 0 aliphatic heterocycles. The molecule has 102 valence electrons. The second kappa shape index (κ2) is 5.04. The van der Waals surface area contributed by atoms with E-state index in [1.165, 1.54) is 0 Å². The van der Waals surface area contributed by atoms with Gasteiger partial charge in [-0.1, -0.05) is 0 Å². The number of anilines is 1. The predicted octanol–water partition coefficient (Wildman–Crippen LogP) is 2.20. The quantitative estimate of drug-likeness (QED) is 0.756. The van der Waals surface area contributed by atoms with E-state index in [4.69, 9.17) is 9.47 Å². The Morgan fingerprint density at radius 3 is 2.55 bits per heavy atom. The van der Waals surface area contributed by atoms with Gasteiger partial charge in [0.05, 0.1) is 13.3 Å². The van der Waals surface area contributed by atoms with E-state index in [0.717, 1.165) is 11.1 Å². The van der Waals surface area contributed by atoms with Crippen LogP contribution in [-0.2, 0) is 0 Å². The standard InChI is InChI=1S/C13H13N5O2/c1-14-13-16-11-10(7-15-18-11)12(17-13)20-9-5-3-8(19-2)4-6-9/h3-7H,1-2H3,(H2,14,15,16,17,18). The van der Waals surface area contributed by atoms with E-state index >= 15 is 0 Å².